The number of aromatic nitrogens is 2. The molecule has 3 rings (SSSR count). The van der Waals surface area contributed by atoms with Crippen molar-refractivity contribution in [2.75, 3.05) is 12.4 Å². The van der Waals surface area contributed by atoms with Crippen LogP contribution >= 0.6 is 23.2 Å². The first-order chi connectivity index (χ1) is 11.4. The van der Waals surface area contributed by atoms with Gasteiger partial charge in [0.2, 0.25) is 0 Å². The number of rotatable bonds is 2. The lowest BCUT2D eigenvalue weighted by atomic mass is 10.0. The molecule has 5 nitrogen and oxygen atoms in total. The third kappa shape index (κ3) is 2.92. The summed E-state index contributed by atoms with van der Waals surface area (Å²) in [6, 6.07) is 8.97. The Morgan fingerprint density at radius 1 is 1.21 bits per heavy atom. The van der Waals surface area contributed by atoms with E-state index in [2.05, 4.69) is 15.2 Å². The van der Waals surface area contributed by atoms with Gasteiger partial charge in [0.25, 0.3) is 0 Å². The molecular weight excluding hydrogens is 349 g/mol. The second-order valence-corrected chi connectivity index (χ2v) is 6.21. The van der Waals surface area contributed by atoms with Gasteiger partial charge in [-0.1, -0.05) is 29.3 Å². The van der Waals surface area contributed by atoms with Gasteiger partial charge in [-0.15, -0.1) is 0 Å². The molecule has 0 bridgehead atoms. The standard InChI is InChI=1S/C17H15Cl2N3O2/c1-9-13-7-11(20-17(23)24-3)8-14(16(13)21-22(9)2)12-5-4-10(18)6-15(12)19/h4-8H,1-3H3,(H,20,23). The van der Waals surface area contributed by atoms with E-state index in [1.807, 2.05) is 32.2 Å². The Morgan fingerprint density at radius 2 is 1.96 bits per heavy atom. The van der Waals surface area contributed by atoms with Crippen molar-refractivity contribution in [2.24, 2.45) is 7.05 Å². The SMILES string of the molecule is COC(=O)Nc1cc(-c2ccc(Cl)cc2Cl)c2nn(C)c(C)c2c1. The first kappa shape index (κ1) is 16.6. The van der Waals surface area contributed by atoms with Gasteiger partial charge < -0.3 is 4.74 Å². The number of hydrogen-bond donors (Lipinski definition) is 1. The molecule has 0 spiro atoms. The van der Waals surface area contributed by atoms with Crippen molar-refractivity contribution >= 4 is 45.9 Å². The van der Waals surface area contributed by atoms with Gasteiger partial charge in [0, 0.05) is 45.0 Å². The molecule has 0 radical (unpaired) electrons. The van der Waals surface area contributed by atoms with Gasteiger partial charge in [0.15, 0.2) is 0 Å². The van der Waals surface area contributed by atoms with E-state index in [-0.39, 0.29) is 0 Å². The first-order valence-electron chi connectivity index (χ1n) is 7.18. The number of hydrogen-bond acceptors (Lipinski definition) is 3. The summed E-state index contributed by atoms with van der Waals surface area (Å²) in [7, 11) is 3.19. The average molecular weight is 364 g/mol. The van der Waals surface area contributed by atoms with E-state index >= 15 is 0 Å². The zero-order valence-electron chi connectivity index (χ0n) is 13.4. The molecule has 0 aliphatic heterocycles. The Morgan fingerprint density at radius 3 is 2.62 bits per heavy atom. The van der Waals surface area contributed by atoms with Crippen LogP contribution in [0, 0.1) is 6.92 Å². The Bertz CT molecular complexity index is 951. The minimum Gasteiger partial charge on any atom is -0.453 e. The molecule has 0 unspecified atom stereocenters. The van der Waals surface area contributed by atoms with Gasteiger partial charge in [0.05, 0.1) is 7.11 Å². The summed E-state index contributed by atoms with van der Waals surface area (Å²) in [6.07, 6.45) is -0.538. The van der Waals surface area contributed by atoms with Crippen LogP contribution in [0.3, 0.4) is 0 Å². The molecule has 0 saturated heterocycles. The number of ether oxygens (including phenoxy) is 1. The zero-order chi connectivity index (χ0) is 17.4. The van der Waals surface area contributed by atoms with Crippen LogP contribution in [0.1, 0.15) is 5.69 Å². The molecule has 0 atom stereocenters. The van der Waals surface area contributed by atoms with E-state index in [0.717, 1.165) is 27.7 Å². The Hall–Kier alpha value is -2.24. The Labute approximate surface area is 149 Å². The molecule has 1 amide bonds. The predicted molar refractivity (Wildman–Crippen MR) is 96.9 cm³/mol. The highest BCUT2D eigenvalue weighted by Gasteiger charge is 2.16. The molecule has 0 aliphatic carbocycles. The molecule has 1 N–H and O–H groups in total. The fourth-order valence-electron chi connectivity index (χ4n) is 2.57. The molecule has 0 saturated carbocycles. The van der Waals surface area contributed by atoms with E-state index in [1.165, 1.54) is 7.11 Å². The van der Waals surface area contributed by atoms with E-state index in [9.17, 15) is 4.79 Å². The molecule has 3 aromatic rings. The van der Waals surface area contributed by atoms with Crippen molar-refractivity contribution in [3.63, 3.8) is 0 Å². The lowest BCUT2D eigenvalue weighted by Crippen LogP contribution is -2.10. The van der Waals surface area contributed by atoms with Gasteiger partial charge >= 0.3 is 6.09 Å². The lowest BCUT2D eigenvalue weighted by molar-refractivity contribution is 0.187. The van der Waals surface area contributed by atoms with E-state index in [4.69, 9.17) is 23.2 Å². The van der Waals surface area contributed by atoms with Crippen molar-refractivity contribution in [1.82, 2.24) is 9.78 Å². The number of benzene rings is 2. The van der Waals surface area contributed by atoms with Gasteiger partial charge in [0.1, 0.15) is 5.52 Å². The Balaban J connectivity index is 2.28. The molecule has 24 heavy (non-hydrogen) atoms. The largest absolute Gasteiger partial charge is 0.453 e. The fraction of sp³-hybridized carbons (Fsp3) is 0.176. The number of carbonyl (C=O) groups excluding carboxylic acids is 1. The number of anilines is 1. The van der Waals surface area contributed by atoms with Crippen molar-refractivity contribution in [2.45, 2.75) is 6.92 Å². The highest BCUT2D eigenvalue weighted by Crippen LogP contribution is 2.37. The number of amides is 1. The maximum Gasteiger partial charge on any atom is 0.411 e. The van der Waals surface area contributed by atoms with Crippen LogP contribution in [-0.2, 0) is 11.8 Å². The van der Waals surface area contributed by atoms with E-state index in [1.54, 1.807) is 16.8 Å². The predicted octanol–water partition coefficient (Wildman–Crippen LogP) is 5.03. The summed E-state index contributed by atoms with van der Waals surface area (Å²) in [6.45, 7) is 1.96. The van der Waals surface area contributed by atoms with E-state index in [0.29, 0.717) is 15.7 Å². The highest BCUT2D eigenvalue weighted by atomic mass is 35.5. The van der Waals surface area contributed by atoms with Crippen LogP contribution < -0.4 is 5.32 Å². The highest BCUT2D eigenvalue weighted by molar-refractivity contribution is 6.36. The van der Waals surface area contributed by atoms with Gasteiger partial charge in [-0.3, -0.25) is 10.00 Å². The summed E-state index contributed by atoms with van der Waals surface area (Å²) in [5, 5.41) is 9.26. The normalized spacial score (nSPS) is 10.9. The molecule has 1 heterocycles. The lowest BCUT2D eigenvalue weighted by Gasteiger charge is -2.10. The molecule has 2 aromatic carbocycles. The quantitative estimate of drug-likeness (QED) is 0.694. The summed E-state index contributed by atoms with van der Waals surface area (Å²) >= 11 is 12.4. The van der Waals surface area contributed by atoms with Crippen molar-refractivity contribution < 1.29 is 9.53 Å². The van der Waals surface area contributed by atoms with Crippen LogP contribution in [0.2, 0.25) is 10.0 Å². The zero-order valence-corrected chi connectivity index (χ0v) is 14.9. The van der Waals surface area contributed by atoms with Crippen molar-refractivity contribution in [1.29, 1.82) is 0 Å². The number of carbonyl (C=O) groups is 1. The van der Waals surface area contributed by atoms with Crippen molar-refractivity contribution in [3.05, 3.63) is 46.1 Å². The van der Waals surface area contributed by atoms with Crippen molar-refractivity contribution in [3.8, 4) is 11.1 Å². The van der Waals surface area contributed by atoms with Gasteiger partial charge in [-0.25, -0.2) is 4.79 Å². The molecule has 0 aliphatic rings. The number of fused-ring (bicyclic) bond motifs is 1. The number of nitrogens with zero attached hydrogens (tertiary/aromatic N) is 2. The molecule has 0 fully saturated rings. The summed E-state index contributed by atoms with van der Waals surface area (Å²) in [5.74, 6) is 0. The molecule has 1 aromatic heterocycles. The topological polar surface area (TPSA) is 56.1 Å². The number of halogens is 2. The summed E-state index contributed by atoms with van der Waals surface area (Å²) in [4.78, 5) is 11.6. The number of methoxy groups -OCH3 is 1. The van der Waals surface area contributed by atoms with Crippen LogP contribution in [0.4, 0.5) is 10.5 Å². The number of aryl methyl sites for hydroxylation is 2. The van der Waals surface area contributed by atoms with Gasteiger partial charge in [-0.05, 0) is 31.2 Å². The van der Waals surface area contributed by atoms with Crippen LogP contribution in [0.5, 0.6) is 0 Å². The van der Waals surface area contributed by atoms with Gasteiger partial charge in [-0.2, -0.15) is 5.10 Å². The summed E-state index contributed by atoms with van der Waals surface area (Å²) < 4.78 is 6.46. The third-order valence-electron chi connectivity index (χ3n) is 3.89. The fourth-order valence-corrected chi connectivity index (χ4v) is 3.08. The molecule has 7 heteroatoms. The maximum absolute atomic E-state index is 11.6. The van der Waals surface area contributed by atoms with Crippen LogP contribution in [-0.4, -0.2) is 23.0 Å². The second-order valence-electron chi connectivity index (χ2n) is 5.37. The van der Waals surface area contributed by atoms with Crippen LogP contribution in [0.25, 0.3) is 22.0 Å². The Kier molecular flexibility index (Phi) is 4.39. The minimum atomic E-state index is -0.538. The molecule has 124 valence electrons. The van der Waals surface area contributed by atoms with E-state index < -0.39 is 6.09 Å². The second kappa shape index (κ2) is 6.34. The first-order valence-corrected chi connectivity index (χ1v) is 7.94. The summed E-state index contributed by atoms with van der Waals surface area (Å²) in [5.41, 5.74) is 3.98. The number of nitrogens with one attached hydrogen (secondary N) is 1. The minimum absolute atomic E-state index is 0.516. The van der Waals surface area contributed by atoms with Crippen LogP contribution in [0.15, 0.2) is 30.3 Å². The molecular formula is C17H15Cl2N3O2. The maximum atomic E-state index is 11.6. The monoisotopic (exact) mass is 363 g/mol. The third-order valence-corrected chi connectivity index (χ3v) is 4.44. The smallest absolute Gasteiger partial charge is 0.411 e. The average Bonchev–Trinajstić information content (AvgIpc) is 2.82.